The summed E-state index contributed by atoms with van der Waals surface area (Å²) in [5.74, 6) is -0.228. The summed E-state index contributed by atoms with van der Waals surface area (Å²) >= 11 is 8.09. The lowest BCUT2D eigenvalue weighted by Gasteiger charge is -2.39. The number of carboxylic acid groups (broad SMARTS) is 1. The monoisotopic (exact) mass is 518 g/mol. The Morgan fingerprint density at radius 2 is 2.11 bits per heavy atom. The molecule has 0 radical (unpaired) electrons. The maximum Gasteiger partial charge on any atom is 0.309 e. The van der Waals surface area contributed by atoms with Gasteiger partial charge < -0.3 is 14.7 Å². The number of aryl methyl sites for hydroxylation is 1. The van der Waals surface area contributed by atoms with Crippen LogP contribution in [0.5, 0.6) is 5.75 Å². The van der Waals surface area contributed by atoms with E-state index in [0.29, 0.717) is 35.1 Å². The minimum atomic E-state index is -1.38. The molecule has 0 amide bonds. The fourth-order valence-corrected chi connectivity index (χ4v) is 6.01. The van der Waals surface area contributed by atoms with Gasteiger partial charge in [-0.1, -0.05) is 11.6 Å². The summed E-state index contributed by atoms with van der Waals surface area (Å²) in [6.45, 7) is 2.45. The highest BCUT2D eigenvalue weighted by atomic mass is 35.5. The molecular formula is C27H32ClFN2O3S. The summed E-state index contributed by atoms with van der Waals surface area (Å²) in [6, 6.07) is 7.45. The number of ether oxygens (including phenoxy) is 1. The van der Waals surface area contributed by atoms with E-state index in [9.17, 15) is 9.90 Å². The van der Waals surface area contributed by atoms with Crippen LogP contribution in [-0.2, 0) is 11.2 Å². The van der Waals surface area contributed by atoms with E-state index in [4.69, 9.17) is 16.3 Å². The van der Waals surface area contributed by atoms with Crippen molar-refractivity contribution in [2.45, 2.75) is 51.1 Å². The normalized spacial score (nSPS) is 16.9. The predicted molar refractivity (Wildman–Crippen MR) is 139 cm³/mol. The molecule has 1 aliphatic rings. The first-order valence-corrected chi connectivity index (χ1v) is 13.5. The van der Waals surface area contributed by atoms with Gasteiger partial charge in [-0.05, 0) is 105 Å². The van der Waals surface area contributed by atoms with Gasteiger partial charge in [0.05, 0.1) is 23.1 Å². The average molecular weight is 519 g/mol. The Hall–Kier alpha value is -2.22. The van der Waals surface area contributed by atoms with Crippen LogP contribution in [0, 0.1) is 5.41 Å². The summed E-state index contributed by atoms with van der Waals surface area (Å²) in [5.41, 5.74) is 1.48. The molecule has 5 nitrogen and oxygen atoms in total. The number of rotatable bonds is 11. The number of aromatic nitrogens is 1. The van der Waals surface area contributed by atoms with Crippen LogP contribution in [0.4, 0.5) is 4.39 Å². The molecule has 3 aromatic rings. The van der Waals surface area contributed by atoms with Crippen LogP contribution in [0.25, 0.3) is 10.9 Å². The molecule has 0 aliphatic carbocycles. The third kappa shape index (κ3) is 6.13. The van der Waals surface area contributed by atoms with E-state index in [-0.39, 0.29) is 17.9 Å². The molecule has 1 unspecified atom stereocenters. The van der Waals surface area contributed by atoms with Crippen LogP contribution in [0.15, 0.2) is 41.2 Å². The van der Waals surface area contributed by atoms with Gasteiger partial charge >= 0.3 is 5.97 Å². The molecule has 1 fully saturated rings. The summed E-state index contributed by atoms with van der Waals surface area (Å²) in [7, 11) is 1.55. The standard InChI is InChI=1S/C27H32ClFN2O3S/c1-34-20-5-6-24-21(16-20)25(22(28)17-30-24)23(29)7-9-27(26(32)33)10-13-31(14-11-27)12-3-2-4-19-8-15-35-18-19/h5-6,8,15-18,23H,2-4,7,9-14H2,1H3,(H,32,33). The fourth-order valence-electron chi connectivity index (χ4n) is 5.04. The lowest BCUT2D eigenvalue weighted by Crippen LogP contribution is -2.44. The predicted octanol–water partition coefficient (Wildman–Crippen LogP) is 6.94. The molecule has 1 aromatic carbocycles. The number of hydrogen-bond acceptors (Lipinski definition) is 5. The minimum absolute atomic E-state index is 0.100. The Morgan fingerprint density at radius 1 is 1.31 bits per heavy atom. The molecule has 8 heteroatoms. The number of alkyl halides is 1. The van der Waals surface area contributed by atoms with Crippen molar-refractivity contribution in [3.05, 3.63) is 57.4 Å². The second-order valence-corrected chi connectivity index (χ2v) is 10.6. The Balaban J connectivity index is 1.35. The zero-order valence-electron chi connectivity index (χ0n) is 20.0. The van der Waals surface area contributed by atoms with Gasteiger partial charge in [-0.3, -0.25) is 9.78 Å². The van der Waals surface area contributed by atoms with Gasteiger partial charge in [0.15, 0.2) is 0 Å². The zero-order chi connectivity index (χ0) is 24.8. The zero-order valence-corrected chi connectivity index (χ0v) is 21.6. The highest BCUT2D eigenvalue weighted by Gasteiger charge is 2.41. The third-order valence-electron chi connectivity index (χ3n) is 7.29. The summed E-state index contributed by atoms with van der Waals surface area (Å²) in [4.78, 5) is 18.9. The van der Waals surface area contributed by atoms with E-state index in [1.54, 1.807) is 36.6 Å². The van der Waals surface area contributed by atoms with Crippen LogP contribution >= 0.6 is 22.9 Å². The number of aliphatic carboxylic acids is 1. The van der Waals surface area contributed by atoms with E-state index in [1.165, 1.54) is 11.8 Å². The highest BCUT2D eigenvalue weighted by Crippen LogP contribution is 2.42. The van der Waals surface area contributed by atoms with Crippen LogP contribution in [0.2, 0.25) is 5.02 Å². The number of halogens is 2. The first kappa shape index (κ1) is 25.9. The van der Waals surface area contributed by atoms with Crippen molar-refractivity contribution in [2.24, 2.45) is 5.41 Å². The van der Waals surface area contributed by atoms with Crippen molar-refractivity contribution in [3.8, 4) is 5.75 Å². The number of piperidine rings is 1. The number of carboxylic acids is 1. The number of hydrogen-bond donors (Lipinski definition) is 1. The van der Waals surface area contributed by atoms with Gasteiger partial charge in [-0.25, -0.2) is 4.39 Å². The third-order valence-corrected chi connectivity index (χ3v) is 8.33. The van der Waals surface area contributed by atoms with Crippen molar-refractivity contribution >= 4 is 39.8 Å². The molecule has 3 heterocycles. The molecule has 2 aromatic heterocycles. The quantitative estimate of drug-likeness (QED) is 0.278. The van der Waals surface area contributed by atoms with Crippen LogP contribution < -0.4 is 4.74 Å². The van der Waals surface area contributed by atoms with E-state index in [1.807, 2.05) is 0 Å². The number of nitrogens with zero attached hydrogens (tertiary/aromatic N) is 2. The summed E-state index contributed by atoms with van der Waals surface area (Å²) in [5, 5.41) is 15.2. The van der Waals surface area contributed by atoms with E-state index in [0.717, 1.165) is 38.9 Å². The van der Waals surface area contributed by atoms with E-state index < -0.39 is 17.6 Å². The number of pyridine rings is 1. The Kier molecular flexibility index (Phi) is 8.63. The highest BCUT2D eigenvalue weighted by molar-refractivity contribution is 7.07. The minimum Gasteiger partial charge on any atom is -0.497 e. The van der Waals surface area contributed by atoms with Crippen molar-refractivity contribution in [1.29, 1.82) is 0 Å². The molecule has 1 saturated heterocycles. The number of fused-ring (bicyclic) bond motifs is 1. The van der Waals surface area contributed by atoms with E-state index >= 15 is 4.39 Å². The topological polar surface area (TPSA) is 62.7 Å². The fraction of sp³-hybridized carbons (Fsp3) is 0.481. The number of benzene rings is 1. The number of methoxy groups -OCH3 is 1. The first-order chi connectivity index (χ1) is 16.9. The number of unbranched alkanes of at least 4 members (excludes halogenated alkanes) is 1. The van der Waals surface area contributed by atoms with Crippen LogP contribution in [-0.4, -0.2) is 47.7 Å². The molecular weight excluding hydrogens is 487 g/mol. The van der Waals surface area contributed by atoms with Crippen LogP contribution in [0.1, 0.15) is 55.8 Å². The van der Waals surface area contributed by atoms with Gasteiger partial charge in [-0.2, -0.15) is 11.3 Å². The van der Waals surface area contributed by atoms with Gasteiger partial charge in [0.25, 0.3) is 0 Å². The van der Waals surface area contributed by atoms with Gasteiger partial charge in [0, 0.05) is 17.1 Å². The lowest BCUT2D eigenvalue weighted by molar-refractivity contribution is -0.153. The summed E-state index contributed by atoms with van der Waals surface area (Å²) < 4.78 is 20.9. The smallest absolute Gasteiger partial charge is 0.309 e. The van der Waals surface area contributed by atoms with Crippen molar-refractivity contribution in [1.82, 2.24) is 9.88 Å². The second-order valence-electron chi connectivity index (χ2n) is 9.42. The maximum atomic E-state index is 15.6. The SMILES string of the molecule is COc1ccc2ncc(Cl)c(C(F)CCC3(C(=O)O)CCN(CCCCc4ccsc4)CC3)c2c1. The van der Waals surface area contributed by atoms with Crippen molar-refractivity contribution in [2.75, 3.05) is 26.7 Å². The largest absolute Gasteiger partial charge is 0.497 e. The molecule has 0 spiro atoms. The maximum absolute atomic E-state index is 15.6. The van der Waals surface area contributed by atoms with Crippen molar-refractivity contribution < 1.29 is 19.0 Å². The Labute approximate surface area is 214 Å². The first-order valence-electron chi connectivity index (χ1n) is 12.1. The van der Waals surface area contributed by atoms with E-state index in [2.05, 4.69) is 26.7 Å². The van der Waals surface area contributed by atoms with Crippen molar-refractivity contribution in [3.63, 3.8) is 0 Å². The molecule has 4 rings (SSSR count). The summed E-state index contributed by atoms with van der Waals surface area (Å²) in [6.07, 6.45) is 4.85. The Bertz CT molecular complexity index is 1130. The molecule has 1 atom stereocenters. The van der Waals surface area contributed by atoms with Gasteiger partial charge in [-0.15, -0.1) is 0 Å². The molecule has 35 heavy (non-hydrogen) atoms. The van der Waals surface area contributed by atoms with Gasteiger partial charge in [0.2, 0.25) is 0 Å². The molecule has 1 aliphatic heterocycles. The molecule has 0 bridgehead atoms. The second kappa shape index (κ2) is 11.7. The molecule has 0 saturated carbocycles. The Morgan fingerprint density at radius 3 is 2.80 bits per heavy atom. The lowest BCUT2D eigenvalue weighted by atomic mass is 9.74. The average Bonchev–Trinajstić information content (AvgIpc) is 3.39. The number of likely N-dealkylation sites (tertiary alicyclic amines) is 1. The molecule has 1 N–H and O–H groups in total. The van der Waals surface area contributed by atoms with Crippen LogP contribution in [0.3, 0.4) is 0 Å². The number of thiophene rings is 1. The van der Waals surface area contributed by atoms with Gasteiger partial charge in [0.1, 0.15) is 11.9 Å². The number of carbonyl (C=O) groups is 1. The molecule has 188 valence electrons.